The summed E-state index contributed by atoms with van der Waals surface area (Å²) in [5.74, 6) is 0.929. The fourth-order valence-electron chi connectivity index (χ4n) is 2.50. The van der Waals surface area contributed by atoms with Gasteiger partial charge < -0.3 is 4.90 Å². The van der Waals surface area contributed by atoms with Gasteiger partial charge in [-0.15, -0.1) is 0 Å². The van der Waals surface area contributed by atoms with E-state index in [1.165, 1.54) is 11.6 Å². The third kappa shape index (κ3) is 2.34. The van der Waals surface area contributed by atoms with Crippen molar-refractivity contribution in [1.82, 2.24) is 4.98 Å². The molecule has 0 spiro atoms. The van der Waals surface area contributed by atoms with Crippen LogP contribution < -0.4 is 4.90 Å². The number of anilines is 1. The summed E-state index contributed by atoms with van der Waals surface area (Å²) < 4.78 is 0. The van der Waals surface area contributed by atoms with Crippen molar-refractivity contribution in [2.75, 3.05) is 18.0 Å². The number of pyridine rings is 1. The Hall–Kier alpha value is -2.43. The molecule has 0 fully saturated rings. The first kappa shape index (κ1) is 12.6. The number of nitrogens with zero attached hydrogens (tertiary/aromatic N) is 3. The maximum Gasteiger partial charge on any atom is 0.270 e. The smallest absolute Gasteiger partial charge is 0.270 e. The molecule has 3 rings (SSSR count). The van der Waals surface area contributed by atoms with Gasteiger partial charge in [-0.05, 0) is 31.5 Å². The first-order valence-electron chi connectivity index (χ1n) is 6.59. The SMILES string of the molecule is CC1=CCCN(c2ccc3cc([N+](=O)[O-])ccc3n2)C1. The predicted molar refractivity (Wildman–Crippen MR) is 79.0 cm³/mol. The summed E-state index contributed by atoms with van der Waals surface area (Å²) >= 11 is 0. The van der Waals surface area contributed by atoms with Gasteiger partial charge >= 0.3 is 0 Å². The van der Waals surface area contributed by atoms with E-state index < -0.39 is 0 Å². The first-order chi connectivity index (χ1) is 9.63. The Labute approximate surface area is 116 Å². The number of non-ortho nitro benzene ring substituents is 1. The molecule has 1 aromatic carbocycles. The van der Waals surface area contributed by atoms with E-state index in [0.717, 1.165) is 36.2 Å². The van der Waals surface area contributed by atoms with Gasteiger partial charge in [-0.2, -0.15) is 0 Å². The van der Waals surface area contributed by atoms with Gasteiger partial charge in [0.05, 0.1) is 10.4 Å². The molecule has 0 unspecified atom stereocenters. The molecule has 1 aromatic heterocycles. The zero-order chi connectivity index (χ0) is 14.1. The maximum absolute atomic E-state index is 10.8. The third-order valence-electron chi connectivity index (χ3n) is 3.52. The summed E-state index contributed by atoms with van der Waals surface area (Å²) in [6.45, 7) is 3.98. The molecule has 2 aromatic rings. The molecule has 0 radical (unpaired) electrons. The van der Waals surface area contributed by atoms with Crippen LogP contribution in [0.2, 0.25) is 0 Å². The lowest BCUT2D eigenvalue weighted by Gasteiger charge is -2.27. The number of rotatable bonds is 2. The zero-order valence-corrected chi connectivity index (χ0v) is 11.2. The highest BCUT2D eigenvalue weighted by molar-refractivity contribution is 5.82. The van der Waals surface area contributed by atoms with Crippen molar-refractivity contribution in [3.8, 4) is 0 Å². The van der Waals surface area contributed by atoms with Gasteiger partial charge in [0.1, 0.15) is 5.82 Å². The van der Waals surface area contributed by atoms with E-state index in [1.54, 1.807) is 12.1 Å². The van der Waals surface area contributed by atoms with Gasteiger partial charge in [-0.25, -0.2) is 4.98 Å². The number of nitro groups is 1. The lowest BCUT2D eigenvalue weighted by Crippen LogP contribution is -2.29. The Bertz CT molecular complexity index is 709. The lowest BCUT2D eigenvalue weighted by molar-refractivity contribution is -0.384. The molecule has 0 saturated heterocycles. The molecule has 20 heavy (non-hydrogen) atoms. The number of fused-ring (bicyclic) bond motifs is 1. The largest absolute Gasteiger partial charge is 0.352 e. The molecular weight excluding hydrogens is 254 g/mol. The van der Waals surface area contributed by atoms with Crippen LogP contribution in [0.4, 0.5) is 11.5 Å². The monoisotopic (exact) mass is 269 g/mol. The van der Waals surface area contributed by atoms with Crippen molar-refractivity contribution in [3.05, 3.63) is 52.1 Å². The zero-order valence-electron chi connectivity index (χ0n) is 11.2. The highest BCUT2D eigenvalue weighted by Crippen LogP contribution is 2.24. The second-order valence-electron chi connectivity index (χ2n) is 5.06. The molecule has 0 bridgehead atoms. The molecule has 2 heterocycles. The van der Waals surface area contributed by atoms with Crippen molar-refractivity contribution in [2.24, 2.45) is 0 Å². The fraction of sp³-hybridized carbons (Fsp3) is 0.267. The molecule has 1 aliphatic heterocycles. The standard InChI is InChI=1S/C15H15N3O2/c1-11-3-2-8-17(10-11)15-7-4-12-9-13(18(19)20)5-6-14(12)16-15/h3-7,9H,2,8,10H2,1H3. The van der Waals surface area contributed by atoms with Crippen LogP contribution in [-0.2, 0) is 0 Å². The van der Waals surface area contributed by atoms with E-state index >= 15 is 0 Å². The highest BCUT2D eigenvalue weighted by Gasteiger charge is 2.13. The molecule has 0 saturated carbocycles. The van der Waals surface area contributed by atoms with Gasteiger partial charge in [-0.1, -0.05) is 11.6 Å². The van der Waals surface area contributed by atoms with Gasteiger partial charge in [-0.3, -0.25) is 10.1 Å². The van der Waals surface area contributed by atoms with Crippen LogP contribution in [0.15, 0.2) is 42.0 Å². The van der Waals surface area contributed by atoms with Crippen LogP contribution in [0.1, 0.15) is 13.3 Å². The Kier molecular flexibility index (Phi) is 3.10. The van der Waals surface area contributed by atoms with Gasteiger partial charge in [0.15, 0.2) is 0 Å². The molecular formula is C15H15N3O2. The molecule has 0 N–H and O–H groups in total. The molecule has 0 aliphatic carbocycles. The number of benzene rings is 1. The third-order valence-corrected chi connectivity index (χ3v) is 3.52. The van der Waals surface area contributed by atoms with Crippen molar-refractivity contribution in [2.45, 2.75) is 13.3 Å². The van der Waals surface area contributed by atoms with Crippen molar-refractivity contribution >= 4 is 22.4 Å². The summed E-state index contributed by atoms with van der Waals surface area (Å²) in [6.07, 6.45) is 3.28. The van der Waals surface area contributed by atoms with E-state index in [1.807, 2.05) is 12.1 Å². The summed E-state index contributed by atoms with van der Waals surface area (Å²) in [6, 6.07) is 8.61. The first-order valence-corrected chi connectivity index (χ1v) is 6.59. The Morgan fingerprint density at radius 3 is 2.90 bits per heavy atom. The number of hydrogen-bond donors (Lipinski definition) is 0. The van der Waals surface area contributed by atoms with Crippen LogP contribution in [0.3, 0.4) is 0 Å². The van der Waals surface area contributed by atoms with Gasteiger partial charge in [0.25, 0.3) is 5.69 Å². The summed E-state index contributed by atoms with van der Waals surface area (Å²) in [5.41, 5.74) is 2.24. The number of aromatic nitrogens is 1. The lowest BCUT2D eigenvalue weighted by atomic mass is 10.1. The normalized spacial score (nSPS) is 15.2. The highest BCUT2D eigenvalue weighted by atomic mass is 16.6. The van der Waals surface area contributed by atoms with Crippen molar-refractivity contribution in [3.63, 3.8) is 0 Å². The Morgan fingerprint density at radius 1 is 1.30 bits per heavy atom. The second kappa shape index (κ2) is 4.92. The second-order valence-corrected chi connectivity index (χ2v) is 5.06. The van der Waals surface area contributed by atoms with Crippen molar-refractivity contribution in [1.29, 1.82) is 0 Å². The number of hydrogen-bond acceptors (Lipinski definition) is 4. The van der Waals surface area contributed by atoms with Crippen LogP contribution in [-0.4, -0.2) is 23.0 Å². The van der Waals surface area contributed by atoms with E-state index in [2.05, 4.69) is 22.9 Å². The molecule has 5 heteroatoms. The van der Waals surface area contributed by atoms with Crippen LogP contribution in [0, 0.1) is 10.1 Å². The van der Waals surface area contributed by atoms with E-state index in [-0.39, 0.29) is 10.6 Å². The summed E-state index contributed by atoms with van der Waals surface area (Å²) in [5, 5.41) is 11.6. The fourth-order valence-corrected chi connectivity index (χ4v) is 2.50. The summed E-state index contributed by atoms with van der Waals surface area (Å²) in [4.78, 5) is 17.2. The van der Waals surface area contributed by atoms with Crippen LogP contribution in [0.5, 0.6) is 0 Å². The minimum absolute atomic E-state index is 0.101. The molecule has 102 valence electrons. The van der Waals surface area contributed by atoms with E-state index in [9.17, 15) is 10.1 Å². The van der Waals surface area contributed by atoms with Gasteiger partial charge in [0, 0.05) is 30.6 Å². The van der Waals surface area contributed by atoms with E-state index in [0.29, 0.717) is 0 Å². The molecule has 1 aliphatic rings. The Morgan fingerprint density at radius 2 is 2.15 bits per heavy atom. The molecule has 5 nitrogen and oxygen atoms in total. The quantitative estimate of drug-likeness (QED) is 0.477. The molecule has 0 atom stereocenters. The van der Waals surface area contributed by atoms with Crippen LogP contribution in [0.25, 0.3) is 10.9 Å². The predicted octanol–water partition coefficient (Wildman–Crippen LogP) is 3.30. The minimum Gasteiger partial charge on any atom is -0.352 e. The van der Waals surface area contributed by atoms with Gasteiger partial charge in [0.2, 0.25) is 0 Å². The summed E-state index contributed by atoms with van der Waals surface area (Å²) in [7, 11) is 0. The van der Waals surface area contributed by atoms with Crippen molar-refractivity contribution < 1.29 is 4.92 Å². The Balaban J connectivity index is 1.97. The topological polar surface area (TPSA) is 59.3 Å². The van der Waals surface area contributed by atoms with Crippen LogP contribution >= 0.6 is 0 Å². The maximum atomic E-state index is 10.8. The average molecular weight is 269 g/mol. The molecule has 0 amide bonds. The number of nitro benzene ring substituents is 1. The van der Waals surface area contributed by atoms with E-state index in [4.69, 9.17) is 0 Å². The minimum atomic E-state index is -0.383. The average Bonchev–Trinajstić information content (AvgIpc) is 2.46.